The van der Waals surface area contributed by atoms with Gasteiger partial charge in [0.1, 0.15) is 0 Å². The van der Waals surface area contributed by atoms with Gasteiger partial charge >= 0.3 is 6.18 Å². The second-order valence-corrected chi connectivity index (χ2v) is 13.2. The zero-order valence-corrected chi connectivity index (χ0v) is 13.5. The molecule has 0 aromatic heterocycles. The number of halogens is 3. The molecule has 11 heteroatoms. The van der Waals surface area contributed by atoms with Gasteiger partial charge in [0, 0.05) is 0 Å². The summed E-state index contributed by atoms with van der Waals surface area (Å²) in [6.07, 6.45) is -4.66. The van der Waals surface area contributed by atoms with Crippen molar-refractivity contribution in [3.05, 3.63) is 0 Å². The topological polar surface area (TPSA) is 39.3 Å². The highest BCUT2D eigenvalue weighted by Crippen LogP contribution is 2.19. The van der Waals surface area contributed by atoms with E-state index in [1.807, 2.05) is 4.23 Å². The molecule has 0 spiro atoms. The molecule has 0 aliphatic carbocycles. The summed E-state index contributed by atoms with van der Waals surface area (Å²) >= 11 is 0. The van der Waals surface area contributed by atoms with Crippen molar-refractivity contribution in [2.24, 2.45) is 0 Å². The van der Waals surface area contributed by atoms with Crippen molar-refractivity contribution in [3.8, 4) is 0 Å². The van der Waals surface area contributed by atoms with Crippen LogP contribution in [0.15, 0.2) is 0 Å². The Morgan fingerprint density at radius 1 is 1.00 bits per heavy atom. The number of nitrogens with one attached hydrogen (secondary N) is 3. The van der Waals surface area contributed by atoms with Gasteiger partial charge in [-0.15, -0.1) is 0 Å². The predicted molar refractivity (Wildman–Crippen MR) is 61.0 cm³/mol. The Morgan fingerprint density at radius 2 is 1.57 bits per heavy atom. The third-order valence-electron chi connectivity index (χ3n) is 1.88. The Labute approximate surface area is 90.3 Å². The van der Waals surface area contributed by atoms with Crippen LogP contribution < -0.4 is 13.9 Å². The van der Waals surface area contributed by atoms with Gasteiger partial charge in [-0.3, -0.25) is 0 Å². The molecule has 1 aliphatic rings. The summed E-state index contributed by atoms with van der Waals surface area (Å²) in [4.78, 5) is 0. The summed E-state index contributed by atoms with van der Waals surface area (Å²) in [5.74, 6) is 0. The van der Waals surface area contributed by atoms with Crippen LogP contribution in [0.2, 0.25) is 0 Å². The van der Waals surface area contributed by atoms with Crippen LogP contribution in [0.25, 0.3) is 0 Å². The molecule has 3 N–H and O–H groups in total. The molecule has 1 aliphatic heterocycles. The maximum Gasteiger partial charge on any atom is 0.390 e. The largest absolute Gasteiger partial charge is 0.390 e. The molecule has 0 unspecified atom stereocenters. The van der Waals surface area contributed by atoms with Gasteiger partial charge in [-0.2, -0.15) is 13.2 Å². The second-order valence-electron chi connectivity index (χ2n) is 3.18. The lowest BCUT2D eigenvalue weighted by Crippen LogP contribution is -2.57. The van der Waals surface area contributed by atoms with Gasteiger partial charge in [-0.25, -0.2) is 0 Å². The lowest BCUT2D eigenvalue weighted by Gasteiger charge is -2.25. The van der Waals surface area contributed by atoms with Gasteiger partial charge in [0.2, 0.25) is 0 Å². The average Bonchev–Trinajstić information content (AvgIpc) is 2.00. The number of nitrogens with zero attached hydrogens (tertiary/aromatic N) is 1. The van der Waals surface area contributed by atoms with Crippen LogP contribution in [-0.4, -0.2) is 56.3 Å². The van der Waals surface area contributed by atoms with Crippen LogP contribution >= 0.6 is 0 Å². The molecule has 0 saturated carbocycles. The maximum atomic E-state index is 12.0. The van der Waals surface area contributed by atoms with E-state index in [1.54, 1.807) is 0 Å². The number of rotatable bonds is 2. The third-order valence-corrected chi connectivity index (χ3v) is 10.5. The molecule has 0 aromatic rings. The smallest absolute Gasteiger partial charge is 0.346 e. The molecule has 0 amide bonds. The Hall–Kier alpha value is 0.498. The van der Waals surface area contributed by atoms with Crippen molar-refractivity contribution < 1.29 is 13.2 Å². The van der Waals surface area contributed by atoms with E-state index in [1.165, 1.54) is 0 Å². The molecule has 1 rings (SSSR count). The normalized spacial score (nSPS) is 28.5. The molecule has 0 bridgehead atoms. The number of hydrogen-bond acceptors (Lipinski definition) is 4. The van der Waals surface area contributed by atoms with Crippen LogP contribution in [0.4, 0.5) is 13.2 Å². The lowest BCUT2D eigenvalue weighted by molar-refractivity contribution is -0.134. The number of alkyl halides is 3. The molecule has 4 nitrogen and oxygen atoms in total. The second kappa shape index (κ2) is 6.16. The first-order chi connectivity index (χ1) is 6.58. The fourth-order valence-corrected chi connectivity index (χ4v) is 13.6. The Morgan fingerprint density at radius 3 is 2.07 bits per heavy atom. The Bertz CT molecular complexity index is 160. The molecule has 1 fully saturated rings. The SMILES string of the molecule is FC(F)(F)CCN1[SiH2]N[SiH2]N[SiH2]N[SiH2]1. The Balaban J connectivity index is 2.20. The summed E-state index contributed by atoms with van der Waals surface area (Å²) in [5.41, 5.74) is 0. The minimum Gasteiger partial charge on any atom is -0.346 e. The maximum absolute atomic E-state index is 12.0. The van der Waals surface area contributed by atoms with E-state index < -0.39 is 32.3 Å². The van der Waals surface area contributed by atoms with Gasteiger partial charge in [0.05, 0.1) is 6.42 Å². The average molecular weight is 277 g/mol. The standard InChI is InChI=1S/C3H15F3N4Si4/c4-3(5,6)1-2-10-13-8-11-7-12-9-14-10/h7-9H,1-2,11-14H2. The minimum atomic E-state index is -4.00. The van der Waals surface area contributed by atoms with Gasteiger partial charge in [-0.05, 0) is 6.54 Å². The summed E-state index contributed by atoms with van der Waals surface area (Å²) < 4.78 is 47.9. The zero-order valence-electron chi connectivity index (χ0n) is 7.82. The third kappa shape index (κ3) is 6.07. The van der Waals surface area contributed by atoms with Gasteiger partial charge in [0.25, 0.3) is 0 Å². The molecular formula is C3H15F3N4Si4. The molecular weight excluding hydrogens is 261 g/mol. The van der Waals surface area contributed by atoms with Crippen molar-refractivity contribution in [2.75, 3.05) is 6.54 Å². The summed E-state index contributed by atoms with van der Waals surface area (Å²) in [5, 5.41) is 0. The van der Waals surface area contributed by atoms with Gasteiger partial charge < -0.3 is 18.2 Å². The summed E-state index contributed by atoms with van der Waals surface area (Å²) in [7, 11) is -1.94. The highest BCUT2D eigenvalue weighted by molar-refractivity contribution is 6.65. The molecule has 1 heterocycles. The summed E-state index contributed by atoms with van der Waals surface area (Å²) in [6.45, 7) is 0.199. The molecule has 84 valence electrons. The van der Waals surface area contributed by atoms with Crippen molar-refractivity contribution in [1.29, 1.82) is 0 Å². The van der Waals surface area contributed by atoms with Crippen LogP contribution in [0, 0.1) is 0 Å². The molecule has 14 heavy (non-hydrogen) atoms. The van der Waals surface area contributed by atoms with Crippen molar-refractivity contribution in [2.45, 2.75) is 12.6 Å². The minimum absolute atomic E-state index is 0.199. The first-order valence-corrected chi connectivity index (χ1v) is 10.00. The van der Waals surface area contributed by atoms with Crippen molar-refractivity contribution >= 4 is 39.4 Å². The first-order valence-electron chi connectivity index (χ1n) is 4.49. The van der Waals surface area contributed by atoms with E-state index in [-0.39, 0.29) is 26.2 Å². The monoisotopic (exact) mass is 276 g/mol. The summed E-state index contributed by atoms with van der Waals surface area (Å²) in [6, 6.07) is 0. The van der Waals surface area contributed by atoms with E-state index >= 15 is 0 Å². The van der Waals surface area contributed by atoms with E-state index in [9.17, 15) is 13.2 Å². The highest BCUT2D eigenvalue weighted by atomic mass is 28.4. The van der Waals surface area contributed by atoms with E-state index in [4.69, 9.17) is 0 Å². The van der Waals surface area contributed by atoms with Crippen LogP contribution in [-0.2, 0) is 0 Å². The first kappa shape index (κ1) is 12.6. The van der Waals surface area contributed by atoms with Crippen LogP contribution in [0.1, 0.15) is 6.42 Å². The fraction of sp³-hybridized carbons (Fsp3) is 1.00. The van der Waals surface area contributed by atoms with E-state index in [0.29, 0.717) is 0 Å². The quantitative estimate of drug-likeness (QED) is 0.450. The zero-order chi connectivity index (χ0) is 10.4. The fourth-order valence-electron chi connectivity index (χ4n) is 1.17. The van der Waals surface area contributed by atoms with Crippen LogP contribution in [0.5, 0.6) is 0 Å². The molecule has 1 saturated heterocycles. The van der Waals surface area contributed by atoms with Crippen molar-refractivity contribution in [1.82, 2.24) is 18.2 Å². The van der Waals surface area contributed by atoms with Gasteiger partial charge in [0.15, 0.2) is 39.4 Å². The lowest BCUT2D eigenvalue weighted by atomic mass is 10.4. The number of hydrogen-bond donors (Lipinski definition) is 3. The molecule has 0 aromatic carbocycles. The van der Waals surface area contributed by atoms with Crippen LogP contribution in [0.3, 0.4) is 0 Å². The van der Waals surface area contributed by atoms with Gasteiger partial charge in [-0.1, -0.05) is 0 Å². The predicted octanol–water partition coefficient (Wildman–Crippen LogP) is -3.98. The molecule has 0 radical (unpaired) electrons. The molecule has 0 atom stereocenters. The van der Waals surface area contributed by atoms with Crippen molar-refractivity contribution in [3.63, 3.8) is 0 Å². The highest BCUT2D eigenvalue weighted by Gasteiger charge is 2.27. The van der Waals surface area contributed by atoms with E-state index in [2.05, 4.69) is 13.9 Å². The van der Waals surface area contributed by atoms with E-state index in [0.717, 1.165) is 0 Å². The Kier molecular flexibility index (Phi) is 5.53.